The summed E-state index contributed by atoms with van der Waals surface area (Å²) in [5.74, 6) is -0.0604. The summed E-state index contributed by atoms with van der Waals surface area (Å²) in [5.41, 5.74) is 4.40. The molecule has 2 heterocycles. The van der Waals surface area contributed by atoms with E-state index in [0.717, 1.165) is 29.9 Å². The number of pyridine rings is 1. The Bertz CT molecular complexity index is 1180. The summed E-state index contributed by atoms with van der Waals surface area (Å²) in [6.07, 6.45) is 1.67. The van der Waals surface area contributed by atoms with Crippen LogP contribution in [-0.4, -0.2) is 19.4 Å². The van der Waals surface area contributed by atoms with E-state index in [0.29, 0.717) is 5.69 Å². The maximum atomic E-state index is 12.8. The van der Waals surface area contributed by atoms with Crippen molar-refractivity contribution < 1.29 is 13.2 Å². The summed E-state index contributed by atoms with van der Waals surface area (Å²) < 4.78 is 25.6. The van der Waals surface area contributed by atoms with Crippen LogP contribution in [0.4, 0.5) is 10.5 Å². The van der Waals surface area contributed by atoms with Crippen LogP contribution in [0.5, 0.6) is 0 Å². The highest BCUT2D eigenvalue weighted by molar-refractivity contribution is 7.90. The Balaban J connectivity index is 1.38. The molecule has 4 rings (SSSR count). The van der Waals surface area contributed by atoms with Gasteiger partial charge in [0.15, 0.2) is 9.84 Å². The number of fused-ring (bicyclic) bond motifs is 1. The van der Waals surface area contributed by atoms with Crippen LogP contribution in [0.25, 0.3) is 0 Å². The van der Waals surface area contributed by atoms with Crippen molar-refractivity contribution in [2.24, 2.45) is 0 Å². The van der Waals surface area contributed by atoms with E-state index < -0.39 is 9.84 Å². The molecule has 160 valence electrons. The van der Waals surface area contributed by atoms with Gasteiger partial charge in [-0.15, -0.1) is 0 Å². The van der Waals surface area contributed by atoms with Crippen molar-refractivity contribution in [3.8, 4) is 0 Å². The second kappa shape index (κ2) is 8.87. The van der Waals surface area contributed by atoms with Crippen LogP contribution in [0.3, 0.4) is 0 Å². The number of rotatable bonds is 6. The van der Waals surface area contributed by atoms with Crippen molar-refractivity contribution in [2.45, 2.75) is 36.7 Å². The minimum atomic E-state index is -3.49. The molecule has 31 heavy (non-hydrogen) atoms. The Hall–Kier alpha value is -3.23. The van der Waals surface area contributed by atoms with Gasteiger partial charge in [0.05, 0.1) is 22.4 Å². The van der Waals surface area contributed by atoms with Gasteiger partial charge < -0.3 is 16.0 Å². The summed E-state index contributed by atoms with van der Waals surface area (Å²) >= 11 is 0. The zero-order valence-electron chi connectivity index (χ0n) is 17.1. The molecule has 3 aromatic rings. The van der Waals surface area contributed by atoms with E-state index in [4.69, 9.17) is 0 Å². The van der Waals surface area contributed by atoms with Crippen molar-refractivity contribution in [1.82, 2.24) is 15.6 Å². The molecule has 0 spiro atoms. The van der Waals surface area contributed by atoms with E-state index >= 15 is 0 Å². The predicted octanol–water partition coefficient (Wildman–Crippen LogP) is 3.54. The maximum Gasteiger partial charge on any atom is 0.319 e. The molecule has 8 heteroatoms. The molecule has 1 aliphatic heterocycles. The van der Waals surface area contributed by atoms with Gasteiger partial charge in [0.2, 0.25) is 0 Å². The minimum absolute atomic E-state index is 0.0604. The fourth-order valence-corrected chi connectivity index (χ4v) is 4.89. The summed E-state index contributed by atoms with van der Waals surface area (Å²) in [6, 6.07) is 16.9. The molecule has 2 aromatic carbocycles. The van der Waals surface area contributed by atoms with Gasteiger partial charge in [-0.05, 0) is 60.0 Å². The van der Waals surface area contributed by atoms with Crippen LogP contribution in [0.1, 0.15) is 35.3 Å². The van der Waals surface area contributed by atoms with Crippen molar-refractivity contribution in [1.29, 1.82) is 0 Å². The molecule has 0 fully saturated rings. The van der Waals surface area contributed by atoms with Crippen LogP contribution in [-0.2, 0) is 28.7 Å². The van der Waals surface area contributed by atoms with Crippen LogP contribution >= 0.6 is 0 Å². The molecular weight excluding hydrogens is 412 g/mol. The lowest BCUT2D eigenvalue weighted by atomic mass is 10.1. The fourth-order valence-electron chi connectivity index (χ4n) is 3.56. The quantitative estimate of drug-likeness (QED) is 0.549. The molecule has 0 saturated carbocycles. The zero-order chi connectivity index (χ0) is 21.8. The number of carbonyl (C=O) groups excluding carboxylic acids is 1. The molecule has 1 unspecified atom stereocenters. The van der Waals surface area contributed by atoms with Crippen LogP contribution < -0.4 is 16.0 Å². The number of carbonyl (C=O) groups is 1. The normalized spacial score (nSPS) is 14.0. The Morgan fingerprint density at radius 1 is 1.06 bits per heavy atom. The standard InChI is InChI=1S/C23H24N4O3S/c1-16(22-4-2-3-11-25-22)26-23(28)27-20-7-9-21(10-8-20)31(29,30)15-17-5-6-18-13-24-14-19(18)12-17/h2-12,16,24H,13-15H2,1H3,(H2,26,27,28). The molecule has 1 aliphatic rings. The first-order valence-corrected chi connectivity index (χ1v) is 11.7. The van der Waals surface area contributed by atoms with Gasteiger partial charge >= 0.3 is 6.03 Å². The number of amides is 2. The monoisotopic (exact) mass is 436 g/mol. The van der Waals surface area contributed by atoms with Gasteiger partial charge in [-0.1, -0.05) is 24.3 Å². The van der Waals surface area contributed by atoms with Crippen molar-refractivity contribution >= 4 is 21.6 Å². The van der Waals surface area contributed by atoms with Crippen LogP contribution in [0.15, 0.2) is 71.8 Å². The first kappa shape index (κ1) is 21.0. The van der Waals surface area contributed by atoms with Gasteiger partial charge in [-0.3, -0.25) is 4.98 Å². The van der Waals surface area contributed by atoms with Crippen molar-refractivity contribution in [3.05, 3.63) is 89.2 Å². The number of urea groups is 1. The van der Waals surface area contributed by atoms with Gasteiger partial charge in [0, 0.05) is 25.0 Å². The smallest absolute Gasteiger partial charge is 0.319 e. The molecule has 0 saturated heterocycles. The molecule has 0 bridgehead atoms. The predicted molar refractivity (Wildman–Crippen MR) is 119 cm³/mol. The minimum Gasteiger partial charge on any atom is -0.330 e. The molecule has 0 radical (unpaired) electrons. The van der Waals surface area contributed by atoms with Crippen molar-refractivity contribution in [2.75, 3.05) is 5.32 Å². The first-order chi connectivity index (χ1) is 14.9. The fraction of sp³-hybridized carbons (Fsp3) is 0.217. The topological polar surface area (TPSA) is 100 Å². The third-order valence-corrected chi connectivity index (χ3v) is 6.91. The number of nitrogens with zero attached hydrogens (tertiary/aromatic N) is 1. The summed E-state index contributed by atoms with van der Waals surface area (Å²) in [4.78, 5) is 16.7. The highest BCUT2D eigenvalue weighted by Crippen LogP contribution is 2.22. The molecule has 1 atom stereocenters. The highest BCUT2D eigenvalue weighted by Gasteiger charge is 2.18. The highest BCUT2D eigenvalue weighted by atomic mass is 32.2. The van der Waals surface area contributed by atoms with E-state index in [9.17, 15) is 13.2 Å². The number of sulfone groups is 1. The summed E-state index contributed by atoms with van der Waals surface area (Å²) in [6.45, 7) is 3.43. The molecule has 0 aliphatic carbocycles. The summed E-state index contributed by atoms with van der Waals surface area (Å²) in [5, 5.41) is 8.79. The van der Waals surface area contributed by atoms with Crippen molar-refractivity contribution in [3.63, 3.8) is 0 Å². The zero-order valence-corrected chi connectivity index (χ0v) is 17.9. The number of hydrogen-bond donors (Lipinski definition) is 3. The first-order valence-electron chi connectivity index (χ1n) is 10.0. The van der Waals surface area contributed by atoms with Gasteiger partial charge in [-0.2, -0.15) is 0 Å². The SMILES string of the molecule is CC(NC(=O)Nc1ccc(S(=O)(=O)Cc2ccc3c(c2)CNC3)cc1)c1ccccn1. The third-order valence-electron chi connectivity index (χ3n) is 5.21. The summed E-state index contributed by atoms with van der Waals surface area (Å²) in [7, 11) is -3.49. The third kappa shape index (κ3) is 5.10. The second-order valence-electron chi connectivity index (χ2n) is 7.56. The van der Waals surface area contributed by atoms with E-state index in [-0.39, 0.29) is 22.7 Å². The molecule has 1 aromatic heterocycles. The number of aromatic nitrogens is 1. The average Bonchev–Trinajstić information content (AvgIpc) is 3.22. The van der Waals surface area contributed by atoms with E-state index in [1.54, 1.807) is 18.3 Å². The number of nitrogens with one attached hydrogen (secondary N) is 3. The number of anilines is 1. The average molecular weight is 437 g/mol. The van der Waals surface area contributed by atoms with Gasteiger partial charge in [-0.25, -0.2) is 13.2 Å². The molecule has 7 nitrogen and oxygen atoms in total. The maximum absolute atomic E-state index is 12.8. The molecule has 2 amide bonds. The largest absolute Gasteiger partial charge is 0.330 e. The Morgan fingerprint density at radius 2 is 1.84 bits per heavy atom. The molecular formula is C23H24N4O3S. The Kier molecular flexibility index (Phi) is 6.01. The van der Waals surface area contributed by atoms with E-state index in [2.05, 4.69) is 20.9 Å². The number of hydrogen-bond acceptors (Lipinski definition) is 5. The van der Waals surface area contributed by atoms with E-state index in [1.165, 1.54) is 17.7 Å². The lowest BCUT2D eigenvalue weighted by molar-refractivity contribution is 0.249. The van der Waals surface area contributed by atoms with E-state index in [1.807, 2.05) is 43.3 Å². The number of benzene rings is 2. The second-order valence-corrected chi connectivity index (χ2v) is 9.55. The lowest BCUT2D eigenvalue weighted by Gasteiger charge is -2.14. The van der Waals surface area contributed by atoms with Crippen LogP contribution in [0, 0.1) is 0 Å². The van der Waals surface area contributed by atoms with Gasteiger partial charge in [0.25, 0.3) is 0 Å². The molecule has 3 N–H and O–H groups in total. The van der Waals surface area contributed by atoms with Crippen LogP contribution in [0.2, 0.25) is 0 Å². The Labute approximate surface area is 181 Å². The van der Waals surface area contributed by atoms with Gasteiger partial charge in [0.1, 0.15) is 0 Å². The lowest BCUT2D eigenvalue weighted by Crippen LogP contribution is -2.31. The Morgan fingerprint density at radius 3 is 2.58 bits per heavy atom.